The third-order valence-corrected chi connectivity index (χ3v) is 6.02. The molecule has 0 radical (unpaired) electrons. The van der Waals surface area contributed by atoms with Crippen molar-refractivity contribution in [1.29, 1.82) is 0 Å². The van der Waals surface area contributed by atoms with Gasteiger partial charge in [-0.15, -0.1) is 0 Å². The Morgan fingerprint density at radius 1 is 1.22 bits per heavy atom. The maximum absolute atomic E-state index is 13.9. The van der Waals surface area contributed by atoms with Crippen LogP contribution in [0.5, 0.6) is 0 Å². The Bertz CT molecular complexity index is 673. The van der Waals surface area contributed by atoms with Crippen LogP contribution >= 0.6 is 0 Å². The molecule has 1 aliphatic heterocycles. The molecule has 27 heavy (non-hydrogen) atoms. The molecule has 3 N–H and O–H groups in total. The van der Waals surface area contributed by atoms with Gasteiger partial charge in [0.1, 0.15) is 5.82 Å². The molecule has 0 aromatic heterocycles. The Morgan fingerprint density at radius 2 is 2.00 bits per heavy atom. The fourth-order valence-corrected chi connectivity index (χ4v) is 4.59. The highest BCUT2D eigenvalue weighted by atomic mass is 19.1. The predicted octanol–water partition coefficient (Wildman–Crippen LogP) is 2.34. The van der Waals surface area contributed by atoms with Crippen LogP contribution in [0, 0.1) is 11.7 Å². The number of carbonyl (C=O) groups excluding carboxylic acids is 2. The first-order valence-corrected chi connectivity index (χ1v) is 10.1. The second-order valence-electron chi connectivity index (χ2n) is 7.82. The van der Waals surface area contributed by atoms with Crippen molar-refractivity contribution in [1.82, 2.24) is 10.2 Å². The van der Waals surface area contributed by atoms with E-state index in [9.17, 15) is 14.0 Å². The SMILES string of the molecule is NCCNC(=O)C1CCCN(C(=O)C2(c3cccc(F)c3)CCCCC2)C1. The Kier molecular flexibility index (Phi) is 6.47. The number of hydrogen-bond donors (Lipinski definition) is 2. The minimum Gasteiger partial charge on any atom is -0.355 e. The zero-order chi connectivity index (χ0) is 19.3. The summed E-state index contributed by atoms with van der Waals surface area (Å²) in [5.74, 6) is -0.462. The highest BCUT2D eigenvalue weighted by Gasteiger charge is 2.45. The van der Waals surface area contributed by atoms with Gasteiger partial charge in [0.15, 0.2) is 0 Å². The zero-order valence-electron chi connectivity index (χ0n) is 15.9. The van der Waals surface area contributed by atoms with E-state index in [1.54, 1.807) is 6.07 Å². The molecule has 3 rings (SSSR count). The van der Waals surface area contributed by atoms with E-state index < -0.39 is 5.41 Å². The van der Waals surface area contributed by atoms with E-state index in [2.05, 4.69) is 5.32 Å². The first-order valence-electron chi connectivity index (χ1n) is 10.1. The fraction of sp³-hybridized carbons (Fsp3) is 0.619. The van der Waals surface area contributed by atoms with Crippen molar-refractivity contribution < 1.29 is 14.0 Å². The quantitative estimate of drug-likeness (QED) is 0.829. The molecule has 1 heterocycles. The van der Waals surface area contributed by atoms with Crippen LogP contribution in [-0.2, 0) is 15.0 Å². The van der Waals surface area contributed by atoms with Crippen LogP contribution in [-0.4, -0.2) is 42.9 Å². The standard InChI is InChI=1S/C21H30FN3O2/c22-18-8-4-7-17(14-18)21(9-2-1-3-10-21)20(27)25-13-5-6-16(15-25)19(26)24-12-11-23/h4,7-8,14,16H,1-3,5-6,9-13,15,23H2,(H,24,26). The third kappa shape index (κ3) is 4.32. The molecule has 2 amide bonds. The lowest BCUT2D eigenvalue weighted by molar-refractivity contribution is -0.142. The molecule has 2 aliphatic rings. The van der Waals surface area contributed by atoms with Crippen molar-refractivity contribution in [2.24, 2.45) is 11.7 Å². The summed E-state index contributed by atoms with van der Waals surface area (Å²) < 4.78 is 13.9. The van der Waals surface area contributed by atoms with Gasteiger partial charge < -0.3 is 16.0 Å². The number of rotatable bonds is 5. The van der Waals surface area contributed by atoms with Crippen molar-refractivity contribution >= 4 is 11.8 Å². The Labute approximate surface area is 160 Å². The first kappa shape index (κ1) is 19.8. The minimum atomic E-state index is -0.657. The van der Waals surface area contributed by atoms with Gasteiger partial charge in [0, 0.05) is 26.2 Å². The van der Waals surface area contributed by atoms with Crippen molar-refractivity contribution in [2.75, 3.05) is 26.2 Å². The molecule has 0 bridgehead atoms. The molecular weight excluding hydrogens is 345 g/mol. The molecule has 148 valence electrons. The molecule has 1 aromatic rings. The number of benzene rings is 1. The van der Waals surface area contributed by atoms with E-state index in [4.69, 9.17) is 5.73 Å². The van der Waals surface area contributed by atoms with Gasteiger partial charge in [-0.3, -0.25) is 9.59 Å². The normalized spacial score (nSPS) is 22.3. The van der Waals surface area contributed by atoms with Crippen LogP contribution in [0.1, 0.15) is 50.5 Å². The summed E-state index contributed by atoms with van der Waals surface area (Å²) in [6, 6.07) is 6.50. The van der Waals surface area contributed by atoms with Crippen molar-refractivity contribution in [3.8, 4) is 0 Å². The summed E-state index contributed by atoms with van der Waals surface area (Å²) in [6.45, 7) is 1.96. The summed E-state index contributed by atoms with van der Waals surface area (Å²) >= 11 is 0. The number of nitrogens with two attached hydrogens (primary N) is 1. The van der Waals surface area contributed by atoms with Gasteiger partial charge in [0.25, 0.3) is 0 Å². The van der Waals surface area contributed by atoms with Gasteiger partial charge >= 0.3 is 0 Å². The van der Waals surface area contributed by atoms with Crippen molar-refractivity contribution in [3.63, 3.8) is 0 Å². The van der Waals surface area contributed by atoms with E-state index in [-0.39, 0.29) is 23.5 Å². The van der Waals surface area contributed by atoms with Crippen LogP contribution in [0.4, 0.5) is 4.39 Å². The number of piperidine rings is 1. The summed E-state index contributed by atoms with van der Waals surface area (Å²) in [6.07, 6.45) is 6.13. The predicted molar refractivity (Wildman–Crippen MR) is 103 cm³/mol. The van der Waals surface area contributed by atoms with E-state index >= 15 is 0 Å². The van der Waals surface area contributed by atoms with Crippen LogP contribution < -0.4 is 11.1 Å². The first-order chi connectivity index (χ1) is 13.1. The van der Waals surface area contributed by atoms with E-state index in [1.807, 2.05) is 11.0 Å². The average molecular weight is 375 g/mol. The maximum atomic E-state index is 13.9. The number of nitrogens with one attached hydrogen (secondary N) is 1. The van der Waals surface area contributed by atoms with Crippen molar-refractivity contribution in [3.05, 3.63) is 35.6 Å². The molecule has 1 aliphatic carbocycles. The zero-order valence-corrected chi connectivity index (χ0v) is 15.9. The largest absolute Gasteiger partial charge is 0.355 e. The molecule has 1 unspecified atom stereocenters. The lowest BCUT2D eigenvalue weighted by Gasteiger charge is -2.42. The Hall–Kier alpha value is -1.95. The number of nitrogens with zero attached hydrogens (tertiary/aromatic N) is 1. The van der Waals surface area contributed by atoms with Gasteiger partial charge in [-0.1, -0.05) is 31.4 Å². The topological polar surface area (TPSA) is 75.4 Å². The molecule has 0 spiro atoms. The van der Waals surface area contributed by atoms with Gasteiger partial charge in [-0.25, -0.2) is 4.39 Å². The number of amides is 2. The van der Waals surface area contributed by atoms with E-state index in [0.717, 1.165) is 50.5 Å². The van der Waals surface area contributed by atoms with Crippen LogP contribution in [0.2, 0.25) is 0 Å². The van der Waals surface area contributed by atoms with Gasteiger partial charge in [0.05, 0.1) is 11.3 Å². The number of hydrogen-bond acceptors (Lipinski definition) is 3. The van der Waals surface area contributed by atoms with Crippen molar-refractivity contribution in [2.45, 2.75) is 50.4 Å². The molecule has 5 nitrogen and oxygen atoms in total. The van der Waals surface area contributed by atoms with Gasteiger partial charge in [-0.05, 0) is 43.4 Å². The summed E-state index contributed by atoms with van der Waals surface area (Å²) in [4.78, 5) is 27.8. The second kappa shape index (κ2) is 8.83. The van der Waals surface area contributed by atoms with E-state index in [0.29, 0.717) is 26.2 Å². The highest BCUT2D eigenvalue weighted by molar-refractivity contribution is 5.89. The molecule has 2 fully saturated rings. The van der Waals surface area contributed by atoms with Gasteiger partial charge in [0.2, 0.25) is 11.8 Å². The van der Waals surface area contributed by atoms with Crippen LogP contribution in [0.25, 0.3) is 0 Å². The van der Waals surface area contributed by atoms with E-state index in [1.165, 1.54) is 12.1 Å². The molecule has 1 saturated heterocycles. The lowest BCUT2D eigenvalue weighted by Crippen LogP contribution is -2.53. The van der Waals surface area contributed by atoms with Crippen LogP contribution in [0.3, 0.4) is 0 Å². The number of likely N-dealkylation sites (tertiary alicyclic amines) is 1. The summed E-state index contributed by atoms with van der Waals surface area (Å²) in [7, 11) is 0. The second-order valence-corrected chi connectivity index (χ2v) is 7.82. The smallest absolute Gasteiger partial charge is 0.233 e. The third-order valence-electron chi connectivity index (χ3n) is 6.02. The number of carbonyl (C=O) groups is 2. The summed E-state index contributed by atoms with van der Waals surface area (Å²) in [5, 5.41) is 2.84. The highest BCUT2D eigenvalue weighted by Crippen LogP contribution is 2.42. The fourth-order valence-electron chi connectivity index (χ4n) is 4.59. The summed E-state index contributed by atoms with van der Waals surface area (Å²) in [5.41, 5.74) is 5.59. The minimum absolute atomic E-state index is 0.0265. The Morgan fingerprint density at radius 3 is 2.70 bits per heavy atom. The molecule has 1 aromatic carbocycles. The molecule has 1 atom stereocenters. The maximum Gasteiger partial charge on any atom is 0.233 e. The number of halogens is 1. The lowest BCUT2D eigenvalue weighted by atomic mass is 9.68. The van der Waals surface area contributed by atoms with Gasteiger partial charge in [-0.2, -0.15) is 0 Å². The average Bonchev–Trinajstić information content (AvgIpc) is 2.72. The molecular formula is C21H30FN3O2. The molecule has 6 heteroatoms. The Balaban J connectivity index is 1.81. The van der Waals surface area contributed by atoms with Crippen LogP contribution in [0.15, 0.2) is 24.3 Å². The molecule has 1 saturated carbocycles. The monoisotopic (exact) mass is 375 g/mol.